The molecule has 0 fully saturated rings. The summed E-state index contributed by atoms with van der Waals surface area (Å²) < 4.78 is 0. The standard InChI is InChI=1S/C53H90N16O14S/c1-8-29(6)43(56)51(81)62-30(7)44(74)65-34(12-9-10-18-54)47(77)68-37(23-40(55)71)50(80)67-36(21-28(4)5)49(79)66-33(13-11-19-59-53(57)58)45(75)60-25-42(73)64-39(26-84)46(76)61-24-41(72)63-35(20-27(2)3)48(78)69-38(52(82)83)22-31-14-16-32(70)17-15-31/h14-17,27-30,33-39,43,70,84H,8-13,18-26,54,56H2,1-7H3,(H2,55,71)(H,60,75)(H,61,76)(H,62,81)(H,63,72)(H,64,73)(H,65,74)(H,66,79)(H,67,80)(H,68,77)(H,69,78)(H,82,83)(H4,57,58,59)/t29-,30-,33-,34-,35-,36-,37-,38-,39-,43-/m0/s1. The second-order valence-electron chi connectivity index (χ2n) is 21.2. The van der Waals surface area contributed by atoms with Crippen molar-refractivity contribution in [2.45, 2.75) is 167 Å². The molecule has 0 saturated heterocycles. The number of nitrogens with zero attached hydrogens (tertiary/aromatic N) is 1. The lowest BCUT2D eigenvalue weighted by Crippen LogP contribution is -2.60. The summed E-state index contributed by atoms with van der Waals surface area (Å²) in [5, 5.41) is 44.0. The zero-order valence-corrected chi connectivity index (χ0v) is 49.8. The van der Waals surface area contributed by atoms with Gasteiger partial charge < -0.3 is 92.0 Å². The number of aliphatic imine (C=N–C) groups is 1. The maximum absolute atomic E-state index is 14.1. The third-order valence-electron chi connectivity index (χ3n) is 12.9. The Morgan fingerprint density at radius 3 is 1.51 bits per heavy atom. The molecule has 0 bridgehead atoms. The molecule has 31 heteroatoms. The molecule has 0 radical (unpaired) electrons. The minimum atomic E-state index is -1.68. The number of primary amides is 1. The predicted octanol–water partition coefficient (Wildman–Crippen LogP) is -4.40. The van der Waals surface area contributed by atoms with Crippen molar-refractivity contribution in [3.05, 3.63) is 29.8 Å². The summed E-state index contributed by atoms with van der Waals surface area (Å²) in [6.45, 7) is 10.8. The first-order valence-electron chi connectivity index (χ1n) is 27.8. The van der Waals surface area contributed by atoms with Gasteiger partial charge in [0.25, 0.3) is 0 Å². The molecule has 84 heavy (non-hydrogen) atoms. The van der Waals surface area contributed by atoms with Crippen LogP contribution in [0.4, 0.5) is 0 Å². The Hall–Kier alpha value is -7.80. The molecule has 11 amide bonds. The van der Waals surface area contributed by atoms with Gasteiger partial charge in [-0.2, -0.15) is 12.6 Å². The number of unbranched alkanes of at least 4 members (excludes halogenated alkanes) is 1. The molecule has 1 rings (SSSR count). The molecule has 0 unspecified atom stereocenters. The van der Waals surface area contributed by atoms with E-state index in [1.165, 1.54) is 31.2 Å². The Kier molecular flexibility index (Phi) is 34.3. The van der Waals surface area contributed by atoms with E-state index in [1.807, 2.05) is 6.92 Å². The van der Waals surface area contributed by atoms with E-state index < -0.39 is 145 Å². The molecule has 1 aromatic rings. The Labute approximate surface area is 494 Å². The van der Waals surface area contributed by atoms with E-state index in [9.17, 15) is 67.7 Å². The average molecular weight is 1210 g/mol. The number of aromatic hydroxyl groups is 1. The molecule has 0 aliphatic rings. The van der Waals surface area contributed by atoms with Crippen molar-refractivity contribution in [1.82, 2.24) is 53.2 Å². The number of guanidine groups is 1. The number of hydrogen-bond donors (Lipinski definition) is 18. The van der Waals surface area contributed by atoms with E-state index in [4.69, 9.17) is 28.7 Å². The quantitative estimate of drug-likeness (QED) is 0.0128. The monoisotopic (exact) mass is 1210 g/mol. The third kappa shape index (κ3) is 29.4. The number of phenols is 1. The Balaban J connectivity index is 3.20. The summed E-state index contributed by atoms with van der Waals surface area (Å²) in [5.41, 5.74) is 28.6. The van der Waals surface area contributed by atoms with Crippen LogP contribution in [-0.2, 0) is 64.0 Å². The molecule has 30 nitrogen and oxygen atoms in total. The Bertz CT molecular complexity index is 2410. The van der Waals surface area contributed by atoms with Crippen LogP contribution in [0.25, 0.3) is 0 Å². The molecule has 0 spiro atoms. The zero-order valence-electron chi connectivity index (χ0n) is 48.9. The van der Waals surface area contributed by atoms with E-state index in [0.717, 1.165) is 0 Å². The van der Waals surface area contributed by atoms with Crippen LogP contribution in [0.3, 0.4) is 0 Å². The number of benzene rings is 1. The highest BCUT2D eigenvalue weighted by atomic mass is 32.1. The minimum absolute atomic E-state index is 0.00630. The van der Waals surface area contributed by atoms with Gasteiger partial charge in [0, 0.05) is 18.7 Å². The van der Waals surface area contributed by atoms with Crippen LogP contribution in [0.1, 0.15) is 112 Å². The van der Waals surface area contributed by atoms with E-state index >= 15 is 0 Å². The fourth-order valence-corrected chi connectivity index (χ4v) is 8.21. The SMILES string of the molecule is CC[C@H](C)[C@H](N)C(=O)N[C@@H](C)C(=O)N[C@@H](CCCCN)C(=O)N[C@@H](CC(N)=O)C(=O)N[C@@H](CC(C)C)C(=O)N[C@@H](CCCN=C(N)N)C(=O)NCC(=O)N[C@@H](CS)C(=O)NCC(=O)N[C@@H](CC(C)C)C(=O)N[C@@H](Cc1ccc(O)cc1)C(=O)O. The maximum Gasteiger partial charge on any atom is 0.326 e. The molecule has 0 heterocycles. The number of carboxylic acids is 1. The summed E-state index contributed by atoms with van der Waals surface area (Å²) >= 11 is 4.14. The van der Waals surface area contributed by atoms with Crippen LogP contribution in [0.5, 0.6) is 5.75 Å². The van der Waals surface area contributed by atoms with Gasteiger partial charge in [-0.15, -0.1) is 0 Å². The first-order valence-corrected chi connectivity index (χ1v) is 28.4. The van der Waals surface area contributed by atoms with Crippen molar-refractivity contribution in [3.63, 3.8) is 0 Å². The molecule has 0 saturated carbocycles. The highest BCUT2D eigenvalue weighted by Crippen LogP contribution is 2.14. The molecule has 0 aliphatic heterocycles. The number of carboxylic acid groups (broad SMARTS) is 1. The van der Waals surface area contributed by atoms with Gasteiger partial charge in [-0.05, 0) is 93.9 Å². The average Bonchev–Trinajstić information content (AvgIpc) is 3.65. The topological polar surface area (TPSA) is 508 Å². The van der Waals surface area contributed by atoms with Crippen LogP contribution in [-0.4, -0.2) is 173 Å². The number of hydrogen-bond acceptors (Lipinski definition) is 17. The van der Waals surface area contributed by atoms with Gasteiger partial charge in [-0.1, -0.05) is 60.1 Å². The lowest BCUT2D eigenvalue weighted by molar-refractivity contribution is -0.142. The Morgan fingerprint density at radius 1 is 0.560 bits per heavy atom. The van der Waals surface area contributed by atoms with E-state index in [-0.39, 0.29) is 86.8 Å². The first kappa shape index (κ1) is 74.2. The highest BCUT2D eigenvalue weighted by Gasteiger charge is 2.34. The number of nitrogens with one attached hydrogen (secondary N) is 10. The molecule has 0 aromatic heterocycles. The van der Waals surface area contributed by atoms with Crippen molar-refractivity contribution in [3.8, 4) is 5.75 Å². The van der Waals surface area contributed by atoms with Crippen molar-refractivity contribution in [1.29, 1.82) is 0 Å². The molecular weight excluding hydrogens is 1120 g/mol. The predicted molar refractivity (Wildman–Crippen MR) is 313 cm³/mol. The normalized spacial score (nSPS) is 14.6. The molecule has 1 aromatic carbocycles. The van der Waals surface area contributed by atoms with E-state index in [0.29, 0.717) is 24.8 Å². The molecule has 0 aliphatic carbocycles. The van der Waals surface area contributed by atoms with Crippen molar-refractivity contribution in [2.24, 2.45) is 51.4 Å². The van der Waals surface area contributed by atoms with Gasteiger partial charge >= 0.3 is 5.97 Å². The number of rotatable bonds is 40. The summed E-state index contributed by atoms with van der Waals surface area (Å²) in [5.74, 6) is -12.0. The molecular formula is C53H90N16O14S. The number of carbonyl (C=O) groups excluding carboxylic acids is 11. The van der Waals surface area contributed by atoms with Crippen LogP contribution >= 0.6 is 12.6 Å². The molecule has 10 atom stereocenters. The van der Waals surface area contributed by atoms with E-state index in [2.05, 4.69) is 70.8 Å². The van der Waals surface area contributed by atoms with Gasteiger partial charge in [-0.3, -0.25) is 57.7 Å². The smallest absolute Gasteiger partial charge is 0.326 e. The van der Waals surface area contributed by atoms with Gasteiger partial charge in [0.1, 0.15) is 54.1 Å². The number of aliphatic carboxylic acids is 1. The fourth-order valence-electron chi connectivity index (χ4n) is 7.96. The van der Waals surface area contributed by atoms with E-state index in [1.54, 1.807) is 34.6 Å². The molecule has 22 N–H and O–H groups in total. The third-order valence-corrected chi connectivity index (χ3v) is 13.2. The molecule has 472 valence electrons. The summed E-state index contributed by atoms with van der Waals surface area (Å²) in [6.07, 6.45) is 0.591. The van der Waals surface area contributed by atoms with Crippen LogP contribution < -0.4 is 81.8 Å². The van der Waals surface area contributed by atoms with Crippen molar-refractivity contribution < 1.29 is 67.7 Å². The number of carbonyl (C=O) groups is 12. The Morgan fingerprint density at radius 2 is 1.01 bits per heavy atom. The largest absolute Gasteiger partial charge is 0.508 e. The lowest BCUT2D eigenvalue weighted by Gasteiger charge is -2.27. The van der Waals surface area contributed by atoms with Gasteiger partial charge in [-0.25, -0.2) is 4.79 Å². The van der Waals surface area contributed by atoms with Crippen LogP contribution in [0.15, 0.2) is 29.3 Å². The van der Waals surface area contributed by atoms with Gasteiger partial charge in [0.2, 0.25) is 65.0 Å². The number of nitrogens with two attached hydrogens (primary N) is 5. The van der Waals surface area contributed by atoms with Crippen molar-refractivity contribution >= 4 is 89.5 Å². The van der Waals surface area contributed by atoms with Crippen LogP contribution in [0, 0.1) is 17.8 Å². The maximum atomic E-state index is 14.1. The lowest BCUT2D eigenvalue weighted by atomic mass is 9.99. The highest BCUT2D eigenvalue weighted by molar-refractivity contribution is 7.80. The number of amides is 11. The second-order valence-corrected chi connectivity index (χ2v) is 21.5. The number of phenolic OH excluding ortho intramolecular Hbond substituents is 1. The van der Waals surface area contributed by atoms with Gasteiger partial charge in [0.05, 0.1) is 25.6 Å². The van der Waals surface area contributed by atoms with Crippen LogP contribution in [0.2, 0.25) is 0 Å². The number of thiol groups is 1. The first-order chi connectivity index (χ1) is 39.4. The fraction of sp³-hybridized carbons (Fsp3) is 0.642. The second kappa shape index (κ2) is 38.9. The van der Waals surface area contributed by atoms with Crippen molar-refractivity contribution in [2.75, 3.05) is 31.9 Å². The summed E-state index contributed by atoms with van der Waals surface area (Å²) in [7, 11) is 0. The summed E-state index contributed by atoms with van der Waals surface area (Å²) in [4.78, 5) is 163. The zero-order chi connectivity index (χ0) is 63.8. The minimum Gasteiger partial charge on any atom is -0.508 e. The summed E-state index contributed by atoms with van der Waals surface area (Å²) in [6, 6.07) is -6.07. The van der Waals surface area contributed by atoms with Gasteiger partial charge in [0.15, 0.2) is 5.96 Å².